The Bertz CT molecular complexity index is 1490. The van der Waals surface area contributed by atoms with Crippen molar-refractivity contribution in [3.63, 3.8) is 0 Å². The summed E-state index contributed by atoms with van der Waals surface area (Å²) in [5.41, 5.74) is 8.63. The van der Waals surface area contributed by atoms with E-state index in [9.17, 15) is 4.79 Å². The van der Waals surface area contributed by atoms with Crippen LogP contribution in [0.5, 0.6) is 0 Å². The van der Waals surface area contributed by atoms with Crippen LogP contribution in [0, 0.1) is 0 Å². The van der Waals surface area contributed by atoms with Gasteiger partial charge in [0.15, 0.2) is 0 Å². The van der Waals surface area contributed by atoms with Gasteiger partial charge >= 0.3 is 6.16 Å². The van der Waals surface area contributed by atoms with Crippen molar-refractivity contribution in [3.8, 4) is 0 Å². The van der Waals surface area contributed by atoms with Gasteiger partial charge in [-0.3, -0.25) is 0 Å². The summed E-state index contributed by atoms with van der Waals surface area (Å²) in [6, 6.07) is 47.8. The van der Waals surface area contributed by atoms with Crippen LogP contribution in [0.2, 0.25) is 0 Å². The second-order valence-corrected chi connectivity index (χ2v) is 9.19. The third kappa shape index (κ3) is 6.66. The molecule has 0 aliphatic carbocycles. The first kappa shape index (κ1) is 26.5. The Labute approximate surface area is 235 Å². The molecule has 0 spiro atoms. The molecular formula is C36H31NO3. The highest BCUT2D eigenvalue weighted by atomic mass is 16.7. The third-order valence-corrected chi connectivity index (χ3v) is 6.46. The lowest BCUT2D eigenvalue weighted by Crippen LogP contribution is -2.10. The van der Waals surface area contributed by atoms with Gasteiger partial charge < -0.3 is 14.4 Å². The number of para-hydroxylation sites is 1. The Morgan fingerprint density at radius 3 is 1.60 bits per heavy atom. The van der Waals surface area contributed by atoms with Crippen molar-refractivity contribution in [1.29, 1.82) is 0 Å². The van der Waals surface area contributed by atoms with Crippen LogP contribution in [0.15, 0.2) is 140 Å². The number of hydrogen-bond acceptors (Lipinski definition) is 4. The van der Waals surface area contributed by atoms with Crippen molar-refractivity contribution in [2.24, 2.45) is 0 Å². The van der Waals surface area contributed by atoms with Gasteiger partial charge in [0.2, 0.25) is 0 Å². The predicted molar refractivity (Wildman–Crippen MR) is 163 cm³/mol. The molecule has 5 aromatic carbocycles. The molecule has 0 saturated carbocycles. The highest BCUT2D eigenvalue weighted by molar-refractivity contribution is 5.91. The fourth-order valence-corrected chi connectivity index (χ4v) is 4.52. The predicted octanol–water partition coefficient (Wildman–Crippen LogP) is 9.42. The maximum absolute atomic E-state index is 11.6. The Morgan fingerprint density at radius 2 is 1.07 bits per heavy atom. The molecule has 198 valence electrons. The molecule has 5 aromatic rings. The summed E-state index contributed by atoms with van der Waals surface area (Å²) in [5, 5.41) is 0. The maximum atomic E-state index is 11.6. The number of nitrogens with zero attached hydrogens (tertiary/aromatic N) is 1. The number of rotatable bonds is 9. The summed E-state index contributed by atoms with van der Waals surface area (Å²) in [6.07, 6.45) is 1.58. The zero-order valence-electron chi connectivity index (χ0n) is 22.4. The first-order chi connectivity index (χ1) is 19.7. The fraction of sp³-hybridized carbons (Fsp3) is 0.0833. The Hall–Kier alpha value is -5.09. The zero-order chi connectivity index (χ0) is 27.6. The van der Waals surface area contributed by atoms with Gasteiger partial charge in [-0.1, -0.05) is 103 Å². The van der Waals surface area contributed by atoms with Gasteiger partial charge in [-0.2, -0.15) is 0 Å². The summed E-state index contributed by atoms with van der Waals surface area (Å²) >= 11 is 0. The zero-order valence-corrected chi connectivity index (χ0v) is 22.4. The summed E-state index contributed by atoms with van der Waals surface area (Å²) in [6.45, 7) is 2.21. The van der Waals surface area contributed by atoms with Crippen LogP contribution in [0.25, 0.3) is 11.6 Å². The van der Waals surface area contributed by atoms with Crippen molar-refractivity contribution in [1.82, 2.24) is 0 Å². The second-order valence-electron chi connectivity index (χ2n) is 9.19. The third-order valence-electron chi connectivity index (χ3n) is 6.46. The molecule has 0 fully saturated rings. The molecule has 0 saturated heterocycles. The minimum atomic E-state index is -0.658. The van der Waals surface area contributed by atoms with Crippen molar-refractivity contribution in [2.75, 3.05) is 11.5 Å². The van der Waals surface area contributed by atoms with Crippen LogP contribution in [0.1, 0.15) is 29.2 Å². The van der Waals surface area contributed by atoms with Gasteiger partial charge in [0.1, 0.15) is 6.61 Å². The van der Waals surface area contributed by atoms with Crippen molar-refractivity contribution < 1.29 is 14.3 Å². The largest absolute Gasteiger partial charge is 0.508 e. The van der Waals surface area contributed by atoms with Crippen LogP contribution >= 0.6 is 0 Å². The smallest absolute Gasteiger partial charge is 0.435 e. The van der Waals surface area contributed by atoms with E-state index in [1.54, 1.807) is 6.92 Å². The standard InChI is InChI=1S/C36H31NO3/c1-2-39-36(38)40-27-29-20-24-34(25-21-29)37(32-16-10-5-11-17-32)33-22-18-28(19-23-33)26-35(30-12-6-3-7-13-30)31-14-8-4-9-15-31/h3-26H,2,27H2,1H3. The molecule has 4 nitrogen and oxygen atoms in total. The van der Waals surface area contributed by atoms with Crippen LogP contribution in [-0.4, -0.2) is 12.8 Å². The van der Waals surface area contributed by atoms with Gasteiger partial charge in [-0.05, 0) is 77.2 Å². The fourth-order valence-electron chi connectivity index (χ4n) is 4.52. The summed E-state index contributed by atoms with van der Waals surface area (Å²) in [4.78, 5) is 13.8. The number of benzene rings is 5. The van der Waals surface area contributed by atoms with E-state index in [0.29, 0.717) is 0 Å². The lowest BCUT2D eigenvalue weighted by Gasteiger charge is -2.25. The average molecular weight is 526 g/mol. The molecule has 5 rings (SSSR count). The first-order valence-corrected chi connectivity index (χ1v) is 13.4. The van der Waals surface area contributed by atoms with Crippen molar-refractivity contribution in [2.45, 2.75) is 13.5 Å². The molecule has 0 atom stereocenters. The van der Waals surface area contributed by atoms with E-state index < -0.39 is 6.16 Å². The van der Waals surface area contributed by atoms with E-state index in [1.165, 1.54) is 16.7 Å². The van der Waals surface area contributed by atoms with Crippen LogP contribution in [0.4, 0.5) is 21.9 Å². The number of carbonyl (C=O) groups excluding carboxylic acids is 1. The first-order valence-electron chi connectivity index (χ1n) is 13.4. The molecule has 0 amide bonds. The lowest BCUT2D eigenvalue weighted by atomic mass is 9.95. The quantitative estimate of drug-likeness (QED) is 0.142. The number of carbonyl (C=O) groups is 1. The normalized spacial score (nSPS) is 10.4. The van der Waals surface area contributed by atoms with Crippen LogP contribution < -0.4 is 4.90 Å². The molecular weight excluding hydrogens is 494 g/mol. The molecule has 0 aliphatic rings. The van der Waals surface area contributed by atoms with Crippen molar-refractivity contribution in [3.05, 3.63) is 162 Å². The summed E-state index contributed by atoms with van der Waals surface area (Å²) in [7, 11) is 0. The van der Waals surface area contributed by atoms with Gasteiger partial charge in [-0.15, -0.1) is 0 Å². The molecule has 0 aromatic heterocycles. The van der Waals surface area contributed by atoms with E-state index in [4.69, 9.17) is 9.47 Å². The molecule has 40 heavy (non-hydrogen) atoms. The molecule has 0 unspecified atom stereocenters. The molecule has 0 bridgehead atoms. The van der Waals surface area contributed by atoms with E-state index in [2.05, 4.69) is 95.9 Å². The monoisotopic (exact) mass is 525 g/mol. The molecule has 0 heterocycles. The Kier molecular flexibility index (Phi) is 8.70. The van der Waals surface area contributed by atoms with Crippen LogP contribution in [0.3, 0.4) is 0 Å². The number of anilines is 3. The molecule has 0 radical (unpaired) electrons. The average Bonchev–Trinajstić information content (AvgIpc) is 3.02. The van der Waals surface area contributed by atoms with E-state index in [-0.39, 0.29) is 13.2 Å². The Balaban J connectivity index is 1.45. The Morgan fingerprint density at radius 1 is 0.600 bits per heavy atom. The van der Waals surface area contributed by atoms with E-state index in [0.717, 1.165) is 28.2 Å². The van der Waals surface area contributed by atoms with Gasteiger partial charge in [0.05, 0.1) is 6.61 Å². The van der Waals surface area contributed by atoms with Gasteiger partial charge in [0, 0.05) is 17.1 Å². The number of ether oxygens (including phenoxy) is 2. The topological polar surface area (TPSA) is 38.8 Å². The summed E-state index contributed by atoms with van der Waals surface area (Å²) in [5.74, 6) is 0. The minimum Gasteiger partial charge on any atom is -0.435 e. The number of hydrogen-bond donors (Lipinski definition) is 0. The molecule has 0 N–H and O–H groups in total. The lowest BCUT2D eigenvalue weighted by molar-refractivity contribution is 0.0536. The van der Waals surface area contributed by atoms with Crippen LogP contribution in [-0.2, 0) is 16.1 Å². The highest BCUT2D eigenvalue weighted by Gasteiger charge is 2.13. The maximum Gasteiger partial charge on any atom is 0.508 e. The summed E-state index contributed by atoms with van der Waals surface area (Å²) < 4.78 is 10.0. The minimum absolute atomic E-state index is 0.163. The van der Waals surface area contributed by atoms with E-state index in [1.807, 2.05) is 54.6 Å². The second kappa shape index (κ2) is 13.1. The molecule has 4 heteroatoms. The van der Waals surface area contributed by atoms with E-state index >= 15 is 0 Å². The SMILES string of the molecule is CCOC(=O)OCc1ccc(N(c2ccccc2)c2ccc(C=C(c3ccccc3)c3ccccc3)cc2)cc1. The van der Waals surface area contributed by atoms with Gasteiger partial charge in [0.25, 0.3) is 0 Å². The van der Waals surface area contributed by atoms with Gasteiger partial charge in [-0.25, -0.2) is 4.79 Å². The van der Waals surface area contributed by atoms with Crippen molar-refractivity contribution >= 4 is 34.9 Å². The molecule has 0 aliphatic heterocycles. The highest BCUT2D eigenvalue weighted by Crippen LogP contribution is 2.35.